The van der Waals surface area contributed by atoms with E-state index in [9.17, 15) is 4.79 Å². The second-order valence-electron chi connectivity index (χ2n) is 5.73. The van der Waals surface area contributed by atoms with Gasteiger partial charge in [0.15, 0.2) is 0 Å². The lowest BCUT2D eigenvalue weighted by Crippen LogP contribution is -2.49. The summed E-state index contributed by atoms with van der Waals surface area (Å²) in [5.41, 5.74) is 0. The first-order valence-electron chi connectivity index (χ1n) is 6.91. The summed E-state index contributed by atoms with van der Waals surface area (Å²) in [6.07, 6.45) is 3.87. The maximum atomic E-state index is 12.2. The number of carbonyl (C=O) groups excluding carboxylic acids is 1. The van der Waals surface area contributed by atoms with Crippen LogP contribution < -0.4 is 0 Å². The molecule has 2 aliphatic carbocycles. The third kappa shape index (κ3) is 2.47. The molecule has 1 aliphatic heterocycles. The van der Waals surface area contributed by atoms with Crippen LogP contribution >= 0.6 is 0 Å². The highest BCUT2D eigenvalue weighted by Crippen LogP contribution is 2.54. The van der Waals surface area contributed by atoms with E-state index < -0.39 is 0 Å². The maximum Gasteiger partial charge on any atom is 0.226 e. The van der Waals surface area contributed by atoms with Gasteiger partial charge in [0.1, 0.15) is 0 Å². The lowest BCUT2D eigenvalue weighted by molar-refractivity contribution is -0.134. The number of carbonyl (C=O) groups is 1. The number of β-amino-alcohol motifs (C(OH)–C–C–N with tert-alkyl or cyclic N) is 1. The van der Waals surface area contributed by atoms with Gasteiger partial charge in [0.05, 0.1) is 6.61 Å². The largest absolute Gasteiger partial charge is 0.395 e. The van der Waals surface area contributed by atoms with Crippen LogP contribution in [0.3, 0.4) is 0 Å². The Morgan fingerprint density at radius 2 is 1.88 bits per heavy atom. The number of aliphatic hydroxyl groups is 1. The fourth-order valence-electron chi connectivity index (χ4n) is 3.11. The Hall–Kier alpha value is -0.610. The van der Waals surface area contributed by atoms with Gasteiger partial charge in [-0.25, -0.2) is 0 Å². The van der Waals surface area contributed by atoms with Crippen LogP contribution in [0, 0.1) is 17.8 Å². The molecule has 2 unspecified atom stereocenters. The molecule has 2 saturated carbocycles. The first kappa shape index (κ1) is 11.5. The Kier molecular flexibility index (Phi) is 3.09. The van der Waals surface area contributed by atoms with E-state index in [4.69, 9.17) is 5.11 Å². The molecule has 17 heavy (non-hydrogen) atoms. The topological polar surface area (TPSA) is 43.8 Å². The molecule has 96 valence electrons. The Balaban J connectivity index is 1.45. The smallest absolute Gasteiger partial charge is 0.226 e. The van der Waals surface area contributed by atoms with Gasteiger partial charge < -0.3 is 10.0 Å². The summed E-state index contributed by atoms with van der Waals surface area (Å²) in [4.78, 5) is 16.5. The molecule has 4 heteroatoms. The average molecular weight is 238 g/mol. The molecule has 0 aromatic carbocycles. The van der Waals surface area contributed by atoms with E-state index >= 15 is 0 Å². The molecule has 0 spiro atoms. The van der Waals surface area contributed by atoms with Crippen LogP contribution in [0.25, 0.3) is 0 Å². The van der Waals surface area contributed by atoms with Crippen LogP contribution in [0.1, 0.15) is 19.3 Å². The zero-order valence-corrected chi connectivity index (χ0v) is 10.3. The van der Waals surface area contributed by atoms with Crippen LogP contribution in [0.5, 0.6) is 0 Å². The van der Waals surface area contributed by atoms with Crippen LogP contribution in [0.4, 0.5) is 0 Å². The van der Waals surface area contributed by atoms with Crippen LogP contribution in [-0.4, -0.2) is 60.1 Å². The monoisotopic (exact) mass is 238 g/mol. The summed E-state index contributed by atoms with van der Waals surface area (Å²) in [6.45, 7) is 4.52. The number of piperazine rings is 1. The van der Waals surface area contributed by atoms with Gasteiger partial charge in [-0.1, -0.05) is 0 Å². The van der Waals surface area contributed by atoms with Crippen molar-refractivity contribution in [2.24, 2.45) is 17.8 Å². The standard InChI is InChI=1S/C13H22N2O2/c16-8-7-14-3-5-15(6-4-14)13(17)12-9-11(12)10-1-2-10/h10-12,16H,1-9H2. The van der Waals surface area contributed by atoms with E-state index in [0.29, 0.717) is 11.8 Å². The first-order valence-corrected chi connectivity index (χ1v) is 6.91. The van der Waals surface area contributed by atoms with Crippen molar-refractivity contribution in [2.45, 2.75) is 19.3 Å². The molecule has 3 rings (SSSR count). The van der Waals surface area contributed by atoms with Crippen molar-refractivity contribution in [3.63, 3.8) is 0 Å². The van der Waals surface area contributed by atoms with Gasteiger partial charge in [0.25, 0.3) is 0 Å². The molecule has 2 atom stereocenters. The molecule has 1 saturated heterocycles. The number of nitrogens with zero attached hydrogens (tertiary/aromatic N) is 2. The minimum atomic E-state index is 0.223. The molecule has 0 aromatic rings. The summed E-state index contributed by atoms with van der Waals surface area (Å²) >= 11 is 0. The number of aliphatic hydroxyl groups excluding tert-OH is 1. The zero-order chi connectivity index (χ0) is 11.8. The predicted molar refractivity (Wildman–Crippen MR) is 64.4 cm³/mol. The van der Waals surface area contributed by atoms with Gasteiger partial charge in [0.2, 0.25) is 5.91 Å². The second-order valence-corrected chi connectivity index (χ2v) is 5.73. The first-order chi connectivity index (χ1) is 8.29. The van der Waals surface area contributed by atoms with Crippen molar-refractivity contribution in [1.82, 2.24) is 9.80 Å². The number of amides is 1. The van der Waals surface area contributed by atoms with Gasteiger partial charge in [-0.15, -0.1) is 0 Å². The van der Waals surface area contributed by atoms with E-state index in [1.165, 1.54) is 12.8 Å². The SMILES string of the molecule is O=C(C1CC1C1CC1)N1CCN(CCO)CC1. The molecule has 0 bridgehead atoms. The Morgan fingerprint density at radius 1 is 1.18 bits per heavy atom. The van der Waals surface area contributed by atoms with Gasteiger partial charge in [0, 0.05) is 38.6 Å². The van der Waals surface area contributed by atoms with Crippen molar-refractivity contribution in [3.05, 3.63) is 0 Å². The van der Waals surface area contributed by atoms with E-state index in [1.54, 1.807) is 0 Å². The zero-order valence-electron chi connectivity index (χ0n) is 10.3. The Bertz CT molecular complexity index is 296. The summed E-state index contributed by atoms with van der Waals surface area (Å²) in [5, 5.41) is 8.87. The Labute approximate surface area is 103 Å². The average Bonchev–Trinajstić information content (AvgIpc) is 3.20. The highest BCUT2D eigenvalue weighted by molar-refractivity contribution is 5.82. The van der Waals surface area contributed by atoms with Crippen LogP contribution in [-0.2, 0) is 4.79 Å². The molecule has 1 N–H and O–H groups in total. The molecule has 0 aromatic heterocycles. The molecule has 1 heterocycles. The van der Waals surface area contributed by atoms with Gasteiger partial charge in [-0.3, -0.25) is 9.69 Å². The van der Waals surface area contributed by atoms with E-state index in [-0.39, 0.29) is 6.61 Å². The summed E-state index contributed by atoms with van der Waals surface area (Å²) in [5.74, 6) is 2.40. The molecular formula is C13H22N2O2. The third-order valence-corrected chi connectivity index (χ3v) is 4.48. The normalized spacial score (nSPS) is 33.8. The van der Waals surface area contributed by atoms with Crippen molar-refractivity contribution in [3.8, 4) is 0 Å². The van der Waals surface area contributed by atoms with Crippen molar-refractivity contribution in [1.29, 1.82) is 0 Å². The number of hydrogen-bond acceptors (Lipinski definition) is 3. The molecule has 3 aliphatic rings. The van der Waals surface area contributed by atoms with E-state index in [2.05, 4.69) is 4.90 Å². The lowest BCUT2D eigenvalue weighted by atomic mass is 10.2. The predicted octanol–water partition coefficient (Wildman–Crippen LogP) is 0.169. The second kappa shape index (κ2) is 4.58. The molecule has 3 fully saturated rings. The van der Waals surface area contributed by atoms with Gasteiger partial charge in [-0.2, -0.15) is 0 Å². The lowest BCUT2D eigenvalue weighted by Gasteiger charge is -2.34. The minimum Gasteiger partial charge on any atom is -0.395 e. The summed E-state index contributed by atoms with van der Waals surface area (Å²) < 4.78 is 0. The maximum absolute atomic E-state index is 12.2. The quantitative estimate of drug-likeness (QED) is 0.759. The number of hydrogen-bond donors (Lipinski definition) is 1. The third-order valence-electron chi connectivity index (χ3n) is 4.48. The van der Waals surface area contributed by atoms with E-state index in [0.717, 1.165) is 51.0 Å². The van der Waals surface area contributed by atoms with Crippen LogP contribution in [0.15, 0.2) is 0 Å². The molecule has 4 nitrogen and oxygen atoms in total. The highest BCUT2D eigenvalue weighted by atomic mass is 16.3. The van der Waals surface area contributed by atoms with Crippen molar-refractivity contribution < 1.29 is 9.90 Å². The number of rotatable bonds is 4. The van der Waals surface area contributed by atoms with Crippen molar-refractivity contribution >= 4 is 5.91 Å². The summed E-state index contributed by atoms with van der Waals surface area (Å²) in [6, 6.07) is 0. The van der Waals surface area contributed by atoms with Gasteiger partial charge >= 0.3 is 0 Å². The fourth-order valence-corrected chi connectivity index (χ4v) is 3.11. The molecular weight excluding hydrogens is 216 g/mol. The van der Waals surface area contributed by atoms with Gasteiger partial charge in [-0.05, 0) is 31.1 Å². The molecule has 0 radical (unpaired) electrons. The van der Waals surface area contributed by atoms with Crippen LogP contribution in [0.2, 0.25) is 0 Å². The van der Waals surface area contributed by atoms with E-state index in [1.807, 2.05) is 4.90 Å². The summed E-state index contributed by atoms with van der Waals surface area (Å²) in [7, 11) is 0. The molecule has 1 amide bonds. The Morgan fingerprint density at radius 3 is 2.47 bits per heavy atom. The fraction of sp³-hybridized carbons (Fsp3) is 0.923. The minimum absolute atomic E-state index is 0.223. The van der Waals surface area contributed by atoms with Crippen molar-refractivity contribution in [2.75, 3.05) is 39.3 Å². The highest BCUT2D eigenvalue weighted by Gasteiger charge is 2.52.